The van der Waals surface area contributed by atoms with Crippen molar-refractivity contribution in [2.45, 2.75) is 19.8 Å². The van der Waals surface area contributed by atoms with Gasteiger partial charge in [0.2, 0.25) is 0 Å². The molecule has 1 aromatic carbocycles. The zero-order chi connectivity index (χ0) is 12.7. The van der Waals surface area contributed by atoms with E-state index in [1.807, 2.05) is 25.1 Å². The molecule has 0 aliphatic rings. The fourth-order valence-corrected chi connectivity index (χ4v) is 1.91. The van der Waals surface area contributed by atoms with E-state index in [1.165, 1.54) is 7.11 Å². The summed E-state index contributed by atoms with van der Waals surface area (Å²) in [6, 6.07) is 8.10. The topological polar surface area (TPSA) is 26.3 Å². The summed E-state index contributed by atoms with van der Waals surface area (Å²) in [6.07, 6.45) is 5.51. The predicted molar refractivity (Wildman–Crippen MR) is 73.6 cm³/mol. The van der Waals surface area contributed by atoms with Crippen molar-refractivity contribution in [1.29, 1.82) is 0 Å². The molecule has 0 N–H and O–H groups in total. The highest BCUT2D eigenvalue weighted by Gasteiger charge is 2.06. The van der Waals surface area contributed by atoms with Crippen molar-refractivity contribution in [3.05, 3.63) is 40.4 Å². The molecular formula is C14H17BrO2. The van der Waals surface area contributed by atoms with Crippen molar-refractivity contribution in [3.8, 4) is 0 Å². The van der Waals surface area contributed by atoms with E-state index >= 15 is 0 Å². The number of hydrogen-bond donors (Lipinski definition) is 0. The van der Waals surface area contributed by atoms with Crippen LogP contribution in [0.3, 0.4) is 0 Å². The number of ether oxygens (including phenoxy) is 1. The Labute approximate surface area is 111 Å². The van der Waals surface area contributed by atoms with E-state index in [9.17, 15) is 4.79 Å². The summed E-state index contributed by atoms with van der Waals surface area (Å²) in [5, 5.41) is 0. The van der Waals surface area contributed by atoms with E-state index < -0.39 is 0 Å². The van der Waals surface area contributed by atoms with Gasteiger partial charge >= 0.3 is 5.97 Å². The maximum Gasteiger partial charge on any atom is 0.305 e. The Bertz CT molecular complexity index is 399. The smallest absolute Gasteiger partial charge is 0.305 e. The van der Waals surface area contributed by atoms with Crippen LogP contribution in [-0.4, -0.2) is 13.1 Å². The summed E-state index contributed by atoms with van der Waals surface area (Å²) < 4.78 is 5.70. The first-order valence-electron chi connectivity index (χ1n) is 5.60. The van der Waals surface area contributed by atoms with E-state index in [1.54, 1.807) is 0 Å². The van der Waals surface area contributed by atoms with Crippen LogP contribution in [0.15, 0.2) is 34.8 Å². The lowest BCUT2D eigenvalue weighted by molar-refractivity contribution is -0.141. The number of carbonyl (C=O) groups excluding carboxylic acids is 1. The monoisotopic (exact) mass is 296 g/mol. The molecule has 1 aromatic rings. The van der Waals surface area contributed by atoms with Crippen LogP contribution >= 0.6 is 15.9 Å². The Balaban J connectivity index is 2.42. The molecule has 0 aliphatic heterocycles. The summed E-state index contributed by atoms with van der Waals surface area (Å²) in [5.74, 6) is 0.166. The fourth-order valence-electron chi connectivity index (χ4n) is 1.50. The Morgan fingerprint density at radius 1 is 1.53 bits per heavy atom. The Kier molecular flexibility index (Phi) is 5.98. The minimum absolute atomic E-state index is 0.145. The number of halogens is 1. The van der Waals surface area contributed by atoms with E-state index in [4.69, 9.17) is 0 Å². The van der Waals surface area contributed by atoms with Crippen molar-refractivity contribution in [3.63, 3.8) is 0 Å². The molecule has 17 heavy (non-hydrogen) atoms. The predicted octanol–water partition coefficient (Wildman–Crippen LogP) is 4.05. The van der Waals surface area contributed by atoms with Crippen molar-refractivity contribution < 1.29 is 9.53 Å². The van der Waals surface area contributed by atoms with Crippen molar-refractivity contribution >= 4 is 28.0 Å². The number of methoxy groups -OCH3 is 1. The van der Waals surface area contributed by atoms with Gasteiger partial charge in [0.15, 0.2) is 0 Å². The van der Waals surface area contributed by atoms with E-state index in [0.717, 1.165) is 16.5 Å². The standard InChI is InChI=1S/C14H17BrO2/c1-11(9-14(16)17-2)5-3-6-12-7-4-8-13(15)10-12/h3-4,6-8,10-11H,5,9H2,1-2H3. The molecule has 0 fully saturated rings. The highest BCUT2D eigenvalue weighted by molar-refractivity contribution is 9.10. The Morgan fingerprint density at radius 3 is 2.94 bits per heavy atom. The summed E-state index contributed by atoms with van der Waals surface area (Å²) >= 11 is 3.43. The first-order valence-corrected chi connectivity index (χ1v) is 6.40. The van der Waals surface area contributed by atoms with E-state index in [2.05, 4.69) is 38.9 Å². The Morgan fingerprint density at radius 2 is 2.29 bits per heavy atom. The molecular weight excluding hydrogens is 280 g/mol. The molecule has 0 saturated heterocycles. The van der Waals surface area contributed by atoms with Crippen LogP contribution in [0, 0.1) is 5.92 Å². The minimum atomic E-state index is -0.145. The van der Waals surface area contributed by atoms with Gasteiger partial charge in [-0.3, -0.25) is 4.79 Å². The van der Waals surface area contributed by atoms with Gasteiger partial charge in [-0.15, -0.1) is 0 Å². The molecule has 0 heterocycles. The molecule has 2 nitrogen and oxygen atoms in total. The van der Waals surface area contributed by atoms with Crippen LogP contribution in [0.2, 0.25) is 0 Å². The molecule has 0 aliphatic carbocycles. The van der Waals surface area contributed by atoms with Crippen LogP contribution in [0.5, 0.6) is 0 Å². The third kappa shape index (κ3) is 5.68. The van der Waals surface area contributed by atoms with Crippen molar-refractivity contribution in [2.75, 3.05) is 7.11 Å². The molecule has 3 heteroatoms. The lowest BCUT2D eigenvalue weighted by atomic mass is 10.0. The van der Waals surface area contributed by atoms with Gasteiger partial charge in [0, 0.05) is 10.9 Å². The number of esters is 1. The normalized spacial score (nSPS) is 12.6. The second-order valence-corrected chi connectivity index (χ2v) is 4.99. The minimum Gasteiger partial charge on any atom is -0.469 e. The number of hydrogen-bond acceptors (Lipinski definition) is 2. The maximum atomic E-state index is 11.0. The summed E-state index contributed by atoms with van der Waals surface area (Å²) in [7, 11) is 1.42. The number of benzene rings is 1. The first-order chi connectivity index (χ1) is 8.11. The number of carbonyl (C=O) groups is 1. The van der Waals surface area contributed by atoms with E-state index in [0.29, 0.717) is 12.3 Å². The van der Waals surface area contributed by atoms with Crippen LogP contribution < -0.4 is 0 Å². The lowest BCUT2D eigenvalue weighted by Crippen LogP contribution is -2.06. The largest absolute Gasteiger partial charge is 0.469 e. The molecule has 0 spiro atoms. The second-order valence-electron chi connectivity index (χ2n) is 4.08. The molecule has 1 atom stereocenters. The zero-order valence-electron chi connectivity index (χ0n) is 10.2. The van der Waals surface area contributed by atoms with Gasteiger partial charge in [-0.25, -0.2) is 0 Å². The third-order valence-corrected chi connectivity index (χ3v) is 2.93. The third-order valence-electron chi connectivity index (χ3n) is 2.44. The summed E-state index contributed by atoms with van der Waals surface area (Å²) in [5.41, 5.74) is 1.16. The summed E-state index contributed by atoms with van der Waals surface area (Å²) in [4.78, 5) is 11.0. The fraction of sp³-hybridized carbons (Fsp3) is 0.357. The molecule has 0 saturated carbocycles. The van der Waals surface area contributed by atoms with Crippen LogP contribution in [-0.2, 0) is 9.53 Å². The molecule has 0 radical (unpaired) electrons. The molecule has 0 amide bonds. The van der Waals surface area contributed by atoms with Crippen molar-refractivity contribution in [1.82, 2.24) is 0 Å². The second kappa shape index (κ2) is 7.28. The molecule has 92 valence electrons. The van der Waals surface area contributed by atoms with Crippen molar-refractivity contribution in [2.24, 2.45) is 5.92 Å². The van der Waals surface area contributed by atoms with Crippen LogP contribution in [0.1, 0.15) is 25.3 Å². The van der Waals surface area contributed by atoms with Gasteiger partial charge in [0.25, 0.3) is 0 Å². The average molecular weight is 297 g/mol. The lowest BCUT2D eigenvalue weighted by Gasteiger charge is -2.06. The maximum absolute atomic E-state index is 11.0. The van der Waals surface area contributed by atoms with Gasteiger partial charge in [0.05, 0.1) is 7.11 Å². The quantitative estimate of drug-likeness (QED) is 0.766. The molecule has 0 aromatic heterocycles. The van der Waals surface area contributed by atoms with Gasteiger partial charge in [0.1, 0.15) is 0 Å². The highest BCUT2D eigenvalue weighted by atomic mass is 79.9. The summed E-state index contributed by atoms with van der Waals surface area (Å²) in [6.45, 7) is 2.04. The van der Waals surface area contributed by atoms with Crippen LogP contribution in [0.25, 0.3) is 6.08 Å². The molecule has 0 bridgehead atoms. The van der Waals surface area contributed by atoms with Gasteiger partial charge in [-0.2, -0.15) is 0 Å². The highest BCUT2D eigenvalue weighted by Crippen LogP contribution is 2.14. The SMILES string of the molecule is COC(=O)CC(C)CC=Cc1cccc(Br)c1. The first kappa shape index (κ1) is 14.0. The molecule has 1 rings (SSSR count). The van der Waals surface area contributed by atoms with Gasteiger partial charge in [-0.1, -0.05) is 47.1 Å². The molecule has 1 unspecified atom stereocenters. The van der Waals surface area contributed by atoms with Crippen LogP contribution in [0.4, 0.5) is 0 Å². The number of allylic oxidation sites excluding steroid dienone is 1. The Hall–Kier alpha value is -1.09. The zero-order valence-corrected chi connectivity index (χ0v) is 11.7. The average Bonchev–Trinajstić information content (AvgIpc) is 2.29. The van der Waals surface area contributed by atoms with E-state index in [-0.39, 0.29) is 5.97 Å². The van der Waals surface area contributed by atoms with Gasteiger partial charge < -0.3 is 4.74 Å². The van der Waals surface area contributed by atoms with Gasteiger partial charge in [-0.05, 0) is 30.0 Å². The number of rotatable bonds is 5.